The van der Waals surface area contributed by atoms with Crippen LogP contribution in [0.2, 0.25) is 0 Å². The van der Waals surface area contributed by atoms with Crippen molar-refractivity contribution < 1.29 is 9.21 Å². The molecular formula is C18H28N2O2. The highest BCUT2D eigenvalue weighted by molar-refractivity contribution is 5.85. The molecule has 0 bridgehead atoms. The third kappa shape index (κ3) is 3.07. The van der Waals surface area contributed by atoms with Crippen LogP contribution in [0.1, 0.15) is 44.6 Å². The largest absolute Gasteiger partial charge is 0.465 e. The van der Waals surface area contributed by atoms with E-state index in [9.17, 15) is 4.79 Å². The van der Waals surface area contributed by atoms with Crippen molar-refractivity contribution in [3.63, 3.8) is 0 Å². The first-order valence-corrected chi connectivity index (χ1v) is 8.55. The fourth-order valence-corrected chi connectivity index (χ4v) is 3.90. The van der Waals surface area contributed by atoms with Gasteiger partial charge in [0.1, 0.15) is 11.5 Å². The number of aryl methyl sites for hydroxylation is 1. The third-order valence-corrected chi connectivity index (χ3v) is 5.18. The van der Waals surface area contributed by atoms with Crippen molar-refractivity contribution in [2.45, 2.75) is 46.6 Å². The highest BCUT2D eigenvalue weighted by Gasteiger charge is 2.47. The molecule has 2 aliphatic heterocycles. The van der Waals surface area contributed by atoms with Crippen LogP contribution < -0.4 is 0 Å². The number of carbonyl (C=O) groups excluding carboxylic acids is 1. The number of rotatable bonds is 4. The molecule has 122 valence electrons. The van der Waals surface area contributed by atoms with Gasteiger partial charge in [-0.15, -0.1) is 0 Å². The van der Waals surface area contributed by atoms with E-state index in [1.807, 2.05) is 13.0 Å². The van der Waals surface area contributed by atoms with Gasteiger partial charge in [0.15, 0.2) is 0 Å². The molecule has 1 spiro atoms. The Labute approximate surface area is 133 Å². The number of nitrogens with zero attached hydrogens (tertiary/aromatic N) is 2. The van der Waals surface area contributed by atoms with E-state index in [1.54, 1.807) is 0 Å². The van der Waals surface area contributed by atoms with Gasteiger partial charge in [0.05, 0.1) is 12.0 Å². The van der Waals surface area contributed by atoms with Gasteiger partial charge < -0.3 is 9.32 Å². The molecule has 1 aromatic rings. The van der Waals surface area contributed by atoms with Crippen LogP contribution in [-0.2, 0) is 11.3 Å². The van der Waals surface area contributed by atoms with E-state index in [-0.39, 0.29) is 5.41 Å². The first kappa shape index (κ1) is 15.6. The lowest BCUT2D eigenvalue weighted by atomic mass is 9.77. The molecular weight excluding hydrogens is 276 g/mol. The van der Waals surface area contributed by atoms with E-state index in [0.29, 0.717) is 11.8 Å². The molecule has 0 unspecified atom stereocenters. The fraction of sp³-hybridized carbons (Fsp3) is 0.722. The Kier molecular flexibility index (Phi) is 4.31. The molecule has 0 aromatic carbocycles. The second-order valence-corrected chi connectivity index (χ2v) is 7.46. The maximum absolute atomic E-state index is 12.8. The van der Waals surface area contributed by atoms with Crippen molar-refractivity contribution in [2.75, 3.05) is 26.2 Å². The number of carbonyl (C=O) groups is 1. The van der Waals surface area contributed by atoms with Crippen molar-refractivity contribution in [1.29, 1.82) is 0 Å². The quantitative estimate of drug-likeness (QED) is 0.858. The lowest BCUT2D eigenvalue weighted by Gasteiger charge is -2.37. The number of furan rings is 1. The van der Waals surface area contributed by atoms with Gasteiger partial charge in [-0.05, 0) is 57.3 Å². The lowest BCUT2D eigenvalue weighted by molar-refractivity contribution is -0.138. The Hall–Kier alpha value is -1.29. The summed E-state index contributed by atoms with van der Waals surface area (Å²) in [7, 11) is 0. The molecule has 3 rings (SSSR count). The van der Waals surface area contributed by atoms with Gasteiger partial charge in [0.25, 0.3) is 0 Å². The summed E-state index contributed by atoms with van der Waals surface area (Å²) in [5.74, 6) is 2.97. The van der Waals surface area contributed by atoms with Crippen LogP contribution in [0.5, 0.6) is 0 Å². The maximum atomic E-state index is 12.8. The van der Waals surface area contributed by atoms with Gasteiger partial charge in [-0.25, -0.2) is 0 Å². The van der Waals surface area contributed by atoms with Gasteiger partial charge >= 0.3 is 0 Å². The second kappa shape index (κ2) is 6.07. The van der Waals surface area contributed by atoms with E-state index in [0.717, 1.165) is 63.5 Å². The van der Waals surface area contributed by atoms with Crippen LogP contribution in [0.25, 0.3) is 0 Å². The minimum Gasteiger partial charge on any atom is -0.465 e. The van der Waals surface area contributed by atoms with E-state index in [1.165, 1.54) is 0 Å². The van der Waals surface area contributed by atoms with Crippen molar-refractivity contribution >= 4 is 5.91 Å². The van der Waals surface area contributed by atoms with Gasteiger partial charge in [0, 0.05) is 13.1 Å². The topological polar surface area (TPSA) is 36.7 Å². The summed E-state index contributed by atoms with van der Waals surface area (Å²) < 4.78 is 5.67. The van der Waals surface area contributed by atoms with E-state index in [2.05, 4.69) is 29.7 Å². The molecule has 0 radical (unpaired) electrons. The average molecular weight is 304 g/mol. The standard InChI is InChI=1S/C18H28N2O2/c1-14(2)12-20-11-8-18(17(20)21)6-9-19(10-7-18)13-16-5-4-15(3)22-16/h4-5,14H,6-13H2,1-3H3. The summed E-state index contributed by atoms with van der Waals surface area (Å²) >= 11 is 0. The molecule has 1 aromatic heterocycles. The van der Waals surface area contributed by atoms with Crippen molar-refractivity contribution in [2.24, 2.45) is 11.3 Å². The maximum Gasteiger partial charge on any atom is 0.228 e. The number of amides is 1. The molecule has 0 N–H and O–H groups in total. The Bertz CT molecular complexity index is 527. The minimum absolute atomic E-state index is 0.0650. The summed E-state index contributed by atoms with van der Waals surface area (Å²) in [4.78, 5) is 17.3. The predicted octanol–water partition coefficient (Wildman–Crippen LogP) is 3.06. The Morgan fingerprint density at radius 1 is 1.18 bits per heavy atom. The summed E-state index contributed by atoms with van der Waals surface area (Å²) in [6.07, 6.45) is 3.05. The predicted molar refractivity (Wildman–Crippen MR) is 86.4 cm³/mol. The van der Waals surface area contributed by atoms with Crippen LogP contribution in [0.4, 0.5) is 0 Å². The lowest BCUT2D eigenvalue weighted by Crippen LogP contribution is -2.44. The van der Waals surface area contributed by atoms with E-state index in [4.69, 9.17) is 4.42 Å². The molecule has 3 heterocycles. The smallest absolute Gasteiger partial charge is 0.228 e. The van der Waals surface area contributed by atoms with Crippen LogP contribution in [0, 0.1) is 18.3 Å². The normalized spacial score (nSPS) is 22.2. The van der Waals surface area contributed by atoms with Crippen LogP contribution >= 0.6 is 0 Å². The van der Waals surface area contributed by atoms with Gasteiger partial charge in [-0.1, -0.05) is 13.8 Å². The summed E-state index contributed by atoms with van der Waals surface area (Å²) in [5.41, 5.74) is -0.0650. The number of hydrogen-bond donors (Lipinski definition) is 0. The number of hydrogen-bond acceptors (Lipinski definition) is 3. The first-order chi connectivity index (χ1) is 10.5. The highest BCUT2D eigenvalue weighted by Crippen LogP contribution is 2.42. The SMILES string of the molecule is Cc1ccc(CN2CCC3(CC2)CCN(CC(C)C)C3=O)o1. The monoisotopic (exact) mass is 304 g/mol. The van der Waals surface area contributed by atoms with Gasteiger partial charge in [-0.2, -0.15) is 0 Å². The average Bonchev–Trinajstić information content (AvgIpc) is 3.00. The molecule has 22 heavy (non-hydrogen) atoms. The zero-order valence-electron chi connectivity index (χ0n) is 14.1. The molecule has 2 fully saturated rings. The van der Waals surface area contributed by atoms with E-state index >= 15 is 0 Å². The molecule has 2 saturated heterocycles. The fourth-order valence-electron chi connectivity index (χ4n) is 3.90. The molecule has 4 nitrogen and oxygen atoms in total. The van der Waals surface area contributed by atoms with Crippen LogP contribution in [-0.4, -0.2) is 41.9 Å². The Balaban J connectivity index is 1.56. The zero-order chi connectivity index (χ0) is 15.7. The van der Waals surface area contributed by atoms with Crippen LogP contribution in [0.15, 0.2) is 16.5 Å². The zero-order valence-corrected chi connectivity index (χ0v) is 14.1. The number of piperidine rings is 1. The molecule has 0 saturated carbocycles. The van der Waals surface area contributed by atoms with Crippen molar-refractivity contribution in [3.8, 4) is 0 Å². The van der Waals surface area contributed by atoms with Gasteiger partial charge in [-0.3, -0.25) is 9.69 Å². The molecule has 2 aliphatic rings. The highest BCUT2D eigenvalue weighted by atomic mass is 16.3. The third-order valence-electron chi connectivity index (χ3n) is 5.18. The molecule has 1 amide bonds. The molecule has 4 heteroatoms. The summed E-state index contributed by atoms with van der Waals surface area (Å²) in [6.45, 7) is 11.1. The molecule has 0 aliphatic carbocycles. The number of likely N-dealkylation sites (tertiary alicyclic amines) is 2. The second-order valence-electron chi connectivity index (χ2n) is 7.46. The van der Waals surface area contributed by atoms with Crippen LogP contribution in [0.3, 0.4) is 0 Å². The minimum atomic E-state index is -0.0650. The first-order valence-electron chi connectivity index (χ1n) is 8.55. The van der Waals surface area contributed by atoms with Gasteiger partial charge in [0.2, 0.25) is 5.91 Å². The molecule has 0 atom stereocenters. The van der Waals surface area contributed by atoms with E-state index < -0.39 is 0 Å². The Morgan fingerprint density at radius 2 is 1.86 bits per heavy atom. The van der Waals surface area contributed by atoms with Crippen molar-refractivity contribution in [1.82, 2.24) is 9.80 Å². The van der Waals surface area contributed by atoms with Crippen molar-refractivity contribution in [3.05, 3.63) is 23.7 Å². The summed E-state index contributed by atoms with van der Waals surface area (Å²) in [6, 6.07) is 4.08. The summed E-state index contributed by atoms with van der Waals surface area (Å²) in [5, 5.41) is 0. The Morgan fingerprint density at radius 3 is 2.45 bits per heavy atom.